The summed E-state index contributed by atoms with van der Waals surface area (Å²) in [6.07, 6.45) is 2.64. The molecule has 1 aliphatic carbocycles. The summed E-state index contributed by atoms with van der Waals surface area (Å²) < 4.78 is 13.8. The number of carbonyl (C=O) groups is 1. The van der Waals surface area contributed by atoms with E-state index in [1.807, 2.05) is 30.3 Å². The van der Waals surface area contributed by atoms with Crippen LogP contribution < -0.4 is 0 Å². The number of benzene rings is 2. The first kappa shape index (κ1) is 12.1. The number of halogens is 1. The van der Waals surface area contributed by atoms with Crippen molar-refractivity contribution in [1.82, 2.24) is 0 Å². The van der Waals surface area contributed by atoms with Gasteiger partial charge in [-0.3, -0.25) is 4.79 Å². The third-order valence-corrected chi connectivity index (χ3v) is 4.09. The summed E-state index contributed by atoms with van der Waals surface area (Å²) in [4.78, 5) is 12.7. The summed E-state index contributed by atoms with van der Waals surface area (Å²) in [6, 6.07) is 16.0. The van der Waals surface area contributed by atoms with Crippen molar-refractivity contribution in [3.63, 3.8) is 0 Å². The normalized spacial score (nSPS) is 16.7. The van der Waals surface area contributed by atoms with Crippen LogP contribution >= 0.6 is 0 Å². The van der Waals surface area contributed by atoms with E-state index in [9.17, 15) is 9.18 Å². The molecule has 0 amide bonds. The fourth-order valence-corrected chi connectivity index (χ4v) is 2.84. The van der Waals surface area contributed by atoms with E-state index in [-0.39, 0.29) is 11.3 Å². The molecule has 1 aliphatic rings. The second kappa shape index (κ2) is 4.61. The lowest BCUT2D eigenvalue weighted by atomic mass is 9.60. The van der Waals surface area contributed by atoms with Gasteiger partial charge in [-0.25, -0.2) is 4.39 Å². The van der Waals surface area contributed by atoms with E-state index in [4.69, 9.17) is 0 Å². The molecule has 0 heterocycles. The lowest BCUT2D eigenvalue weighted by Gasteiger charge is -2.41. The number of ketones is 1. The van der Waals surface area contributed by atoms with Crippen LogP contribution in [0.25, 0.3) is 0 Å². The molecule has 3 rings (SSSR count). The smallest absolute Gasteiger partial charge is 0.176 e. The predicted octanol–water partition coefficient (Wildman–Crippen LogP) is 4.13. The van der Waals surface area contributed by atoms with Crippen molar-refractivity contribution in [2.75, 3.05) is 0 Å². The highest BCUT2D eigenvalue weighted by Gasteiger charge is 2.46. The van der Waals surface area contributed by atoms with Crippen LogP contribution in [0.5, 0.6) is 0 Å². The lowest BCUT2D eigenvalue weighted by molar-refractivity contribution is 0.0784. The summed E-state index contributed by atoms with van der Waals surface area (Å²) in [5.74, 6) is -0.502. The molecule has 2 aromatic rings. The van der Waals surface area contributed by atoms with Gasteiger partial charge in [-0.2, -0.15) is 0 Å². The Hall–Kier alpha value is -1.96. The summed E-state index contributed by atoms with van der Waals surface area (Å²) in [6.45, 7) is 0. The Kier molecular flexibility index (Phi) is 2.94. The number of hydrogen-bond donors (Lipinski definition) is 0. The topological polar surface area (TPSA) is 17.1 Å². The maximum Gasteiger partial charge on any atom is 0.176 e. The highest BCUT2D eigenvalue weighted by atomic mass is 19.1. The molecule has 0 bridgehead atoms. The average Bonchev–Trinajstić information content (AvgIpc) is 2.39. The van der Waals surface area contributed by atoms with Gasteiger partial charge in [0.2, 0.25) is 0 Å². The minimum absolute atomic E-state index is 0.0805. The van der Waals surface area contributed by atoms with Gasteiger partial charge in [-0.1, -0.05) is 48.9 Å². The molecule has 96 valence electrons. The molecule has 2 aromatic carbocycles. The number of hydrogen-bond acceptors (Lipinski definition) is 1. The van der Waals surface area contributed by atoms with E-state index in [1.165, 1.54) is 6.07 Å². The van der Waals surface area contributed by atoms with Crippen LogP contribution in [-0.2, 0) is 5.41 Å². The third kappa shape index (κ3) is 1.88. The Morgan fingerprint density at radius 3 is 2.16 bits per heavy atom. The molecule has 0 aromatic heterocycles. The van der Waals surface area contributed by atoms with Gasteiger partial charge in [0, 0.05) is 0 Å². The third-order valence-electron chi connectivity index (χ3n) is 4.09. The molecular weight excluding hydrogens is 239 g/mol. The van der Waals surface area contributed by atoms with Gasteiger partial charge in [0.25, 0.3) is 0 Å². The monoisotopic (exact) mass is 254 g/mol. The average molecular weight is 254 g/mol. The molecule has 19 heavy (non-hydrogen) atoms. The first-order chi connectivity index (χ1) is 9.24. The first-order valence-corrected chi connectivity index (χ1v) is 6.59. The van der Waals surface area contributed by atoms with Gasteiger partial charge in [0.15, 0.2) is 5.78 Å². The molecule has 0 N–H and O–H groups in total. The Balaban J connectivity index is 2.04. The van der Waals surface area contributed by atoms with Crippen molar-refractivity contribution in [3.05, 3.63) is 71.5 Å². The Morgan fingerprint density at radius 2 is 1.58 bits per heavy atom. The minimum Gasteiger partial charge on any atom is -0.293 e. The molecule has 0 spiro atoms. The Bertz CT molecular complexity index is 600. The van der Waals surface area contributed by atoms with Crippen molar-refractivity contribution in [2.24, 2.45) is 0 Å². The number of Topliss-reactive ketones (excluding diaryl/α,β-unsaturated/α-hetero) is 1. The van der Waals surface area contributed by atoms with Crippen LogP contribution in [0, 0.1) is 5.82 Å². The molecule has 1 saturated carbocycles. The van der Waals surface area contributed by atoms with Gasteiger partial charge in [0.05, 0.1) is 11.0 Å². The molecular formula is C17H15FO. The van der Waals surface area contributed by atoms with Crippen LogP contribution in [0.3, 0.4) is 0 Å². The number of rotatable bonds is 3. The van der Waals surface area contributed by atoms with Gasteiger partial charge >= 0.3 is 0 Å². The second-order valence-electron chi connectivity index (χ2n) is 5.11. The molecule has 2 heteroatoms. The van der Waals surface area contributed by atoms with Gasteiger partial charge in [-0.15, -0.1) is 0 Å². The van der Waals surface area contributed by atoms with E-state index in [2.05, 4.69) is 0 Å². The molecule has 0 radical (unpaired) electrons. The van der Waals surface area contributed by atoms with Crippen LogP contribution in [-0.4, -0.2) is 5.78 Å². The van der Waals surface area contributed by atoms with Crippen LogP contribution in [0.15, 0.2) is 54.6 Å². The quantitative estimate of drug-likeness (QED) is 0.753. The fourth-order valence-electron chi connectivity index (χ4n) is 2.84. The van der Waals surface area contributed by atoms with Crippen LogP contribution in [0.1, 0.15) is 35.2 Å². The summed E-state index contributed by atoms with van der Waals surface area (Å²) in [5, 5.41) is 0. The molecule has 0 saturated heterocycles. The standard InChI is InChI=1S/C17H15FO/c18-15-10-5-4-9-14(15)16(19)17(11-6-12-17)13-7-2-1-3-8-13/h1-5,7-10H,6,11-12H2. The van der Waals surface area contributed by atoms with Crippen molar-refractivity contribution in [2.45, 2.75) is 24.7 Å². The molecule has 1 fully saturated rings. The number of carbonyl (C=O) groups excluding carboxylic acids is 1. The summed E-state index contributed by atoms with van der Waals surface area (Å²) in [5.41, 5.74) is 0.712. The second-order valence-corrected chi connectivity index (χ2v) is 5.11. The van der Waals surface area contributed by atoms with E-state index in [0.29, 0.717) is 0 Å². The van der Waals surface area contributed by atoms with Crippen LogP contribution in [0.2, 0.25) is 0 Å². The zero-order valence-electron chi connectivity index (χ0n) is 10.6. The van der Waals surface area contributed by atoms with Gasteiger partial charge in [0.1, 0.15) is 5.82 Å². The highest BCUT2D eigenvalue weighted by Crippen LogP contribution is 2.46. The SMILES string of the molecule is O=C(c1ccccc1F)C1(c2ccccc2)CCC1. The van der Waals surface area contributed by atoms with Gasteiger partial charge < -0.3 is 0 Å². The van der Waals surface area contributed by atoms with Crippen molar-refractivity contribution in [1.29, 1.82) is 0 Å². The van der Waals surface area contributed by atoms with E-state index >= 15 is 0 Å². The molecule has 0 atom stereocenters. The fraction of sp³-hybridized carbons (Fsp3) is 0.235. The van der Waals surface area contributed by atoms with Crippen molar-refractivity contribution in [3.8, 4) is 0 Å². The lowest BCUT2D eigenvalue weighted by Crippen LogP contribution is -2.42. The molecule has 0 unspecified atom stereocenters. The predicted molar refractivity (Wildman–Crippen MR) is 72.7 cm³/mol. The van der Waals surface area contributed by atoms with Gasteiger partial charge in [-0.05, 0) is 30.5 Å². The molecule has 0 aliphatic heterocycles. The highest BCUT2D eigenvalue weighted by molar-refractivity contribution is 6.05. The maximum atomic E-state index is 13.8. The van der Waals surface area contributed by atoms with E-state index in [0.717, 1.165) is 24.8 Å². The summed E-state index contributed by atoms with van der Waals surface area (Å²) >= 11 is 0. The molecule has 1 nitrogen and oxygen atoms in total. The van der Waals surface area contributed by atoms with Crippen molar-refractivity contribution >= 4 is 5.78 Å². The zero-order chi connectivity index (χ0) is 13.3. The largest absolute Gasteiger partial charge is 0.293 e. The zero-order valence-corrected chi connectivity index (χ0v) is 10.6. The van der Waals surface area contributed by atoms with Crippen LogP contribution in [0.4, 0.5) is 4.39 Å². The Morgan fingerprint density at radius 1 is 0.947 bits per heavy atom. The first-order valence-electron chi connectivity index (χ1n) is 6.59. The van der Waals surface area contributed by atoms with Crippen molar-refractivity contribution < 1.29 is 9.18 Å². The van der Waals surface area contributed by atoms with E-state index < -0.39 is 11.2 Å². The maximum absolute atomic E-state index is 13.8. The minimum atomic E-state index is -0.510. The Labute approximate surface area is 112 Å². The van der Waals surface area contributed by atoms with E-state index in [1.54, 1.807) is 18.2 Å². The summed E-state index contributed by atoms with van der Waals surface area (Å²) in [7, 11) is 0.